The molecule has 0 saturated carbocycles. The third-order valence-electron chi connectivity index (χ3n) is 3.46. The van der Waals surface area contributed by atoms with Crippen molar-refractivity contribution in [3.63, 3.8) is 0 Å². The van der Waals surface area contributed by atoms with E-state index in [2.05, 4.69) is 19.1 Å². The number of rotatable bonds is 8. The third-order valence-corrected chi connectivity index (χ3v) is 5.34. The zero-order valence-electron chi connectivity index (χ0n) is 11.9. The van der Waals surface area contributed by atoms with E-state index in [4.69, 9.17) is 5.73 Å². The first kappa shape index (κ1) is 16.2. The average Bonchev–Trinajstić information content (AvgIpc) is 2.36. The number of benzene rings is 1. The highest BCUT2D eigenvalue weighted by Crippen LogP contribution is 2.16. The van der Waals surface area contributed by atoms with Gasteiger partial charge in [-0.2, -0.15) is 0 Å². The quantitative estimate of drug-likeness (QED) is 0.796. The van der Waals surface area contributed by atoms with Crippen LogP contribution < -0.4 is 5.73 Å². The van der Waals surface area contributed by atoms with Gasteiger partial charge >= 0.3 is 0 Å². The predicted octanol–water partition coefficient (Wildman–Crippen LogP) is 2.33. The lowest BCUT2D eigenvalue weighted by Crippen LogP contribution is -2.22. The number of sulfone groups is 1. The van der Waals surface area contributed by atoms with Crippen LogP contribution in [0.15, 0.2) is 24.3 Å². The lowest BCUT2D eigenvalue weighted by Gasteiger charge is -2.16. The van der Waals surface area contributed by atoms with Crippen LogP contribution in [0.1, 0.15) is 30.9 Å². The Balaban J connectivity index is 2.58. The van der Waals surface area contributed by atoms with Crippen LogP contribution in [-0.4, -0.2) is 26.5 Å². The molecule has 1 unspecified atom stereocenters. The Morgan fingerprint density at radius 1 is 1.21 bits per heavy atom. The fraction of sp³-hybridized carbons (Fsp3) is 0.600. The van der Waals surface area contributed by atoms with Gasteiger partial charge in [0.1, 0.15) is 9.84 Å². The first-order chi connectivity index (χ1) is 8.98. The van der Waals surface area contributed by atoms with Crippen LogP contribution in [-0.2, 0) is 16.3 Å². The van der Waals surface area contributed by atoms with Gasteiger partial charge in [-0.3, -0.25) is 0 Å². The van der Waals surface area contributed by atoms with Crippen molar-refractivity contribution in [2.75, 3.05) is 18.1 Å². The summed E-state index contributed by atoms with van der Waals surface area (Å²) in [5.74, 6) is 0.788. The Hall–Kier alpha value is -0.870. The third kappa shape index (κ3) is 5.74. The first-order valence-corrected chi connectivity index (χ1v) is 8.75. The molecule has 0 aliphatic rings. The highest BCUT2D eigenvalue weighted by Gasteiger charge is 2.15. The average molecular weight is 283 g/mol. The van der Waals surface area contributed by atoms with E-state index < -0.39 is 9.84 Å². The summed E-state index contributed by atoms with van der Waals surface area (Å²) in [4.78, 5) is 0. The summed E-state index contributed by atoms with van der Waals surface area (Å²) >= 11 is 0. The molecule has 0 aliphatic carbocycles. The summed E-state index contributed by atoms with van der Waals surface area (Å²) in [6.07, 6.45) is 2.21. The molecule has 108 valence electrons. The molecule has 0 amide bonds. The molecule has 1 atom stereocenters. The van der Waals surface area contributed by atoms with Crippen molar-refractivity contribution in [3.8, 4) is 0 Å². The zero-order valence-corrected chi connectivity index (χ0v) is 12.7. The Bertz CT molecular complexity index is 483. The summed E-state index contributed by atoms with van der Waals surface area (Å²) in [7, 11) is -2.89. The molecule has 1 rings (SSSR count). The molecule has 0 radical (unpaired) electrons. The van der Waals surface area contributed by atoms with Crippen LogP contribution >= 0.6 is 0 Å². The summed E-state index contributed by atoms with van der Waals surface area (Å²) in [6, 6.07) is 8.21. The molecule has 1 aromatic rings. The van der Waals surface area contributed by atoms with Gasteiger partial charge in [0.25, 0.3) is 0 Å². The lowest BCUT2D eigenvalue weighted by atomic mass is 9.94. The summed E-state index contributed by atoms with van der Waals surface area (Å²) in [5.41, 5.74) is 8.30. The van der Waals surface area contributed by atoms with Crippen LogP contribution in [0.25, 0.3) is 0 Å². The predicted molar refractivity (Wildman–Crippen MR) is 81.0 cm³/mol. The molecular weight excluding hydrogens is 258 g/mol. The van der Waals surface area contributed by atoms with Crippen molar-refractivity contribution in [2.45, 2.75) is 33.1 Å². The number of aryl methyl sites for hydroxylation is 1. The van der Waals surface area contributed by atoms with Crippen molar-refractivity contribution in [3.05, 3.63) is 35.4 Å². The first-order valence-electron chi connectivity index (χ1n) is 6.93. The second-order valence-electron chi connectivity index (χ2n) is 5.17. The molecule has 0 aromatic heterocycles. The second kappa shape index (κ2) is 7.65. The standard InChI is InChI=1S/C15H25NO2S/c1-3-9-19(17,18)10-8-14(12-16)11-15-7-5-4-6-13(15)2/h4-7,14H,3,8-12,16H2,1-2H3. The number of hydrogen-bond acceptors (Lipinski definition) is 3. The maximum Gasteiger partial charge on any atom is 0.150 e. The second-order valence-corrected chi connectivity index (χ2v) is 7.48. The van der Waals surface area contributed by atoms with Crippen LogP contribution in [0.2, 0.25) is 0 Å². The van der Waals surface area contributed by atoms with Crippen LogP contribution in [0, 0.1) is 12.8 Å². The van der Waals surface area contributed by atoms with Crippen molar-refractivity contribution >= 4 is 9.84 Å². The molecule has 0 heterocycles. The van der Waals surface area contributed by atoms with E-state index in [-0.39, 0.29) is 17.4 Å². The molecule has 0 saturated heterocycles. The highest BCUT2D eigenvalue weighted by atomic mass is 32.2. The van der Waals surface area contributed by atoms with E-state index >= 15 is 0 Å². The van der Waals surface area contributed by atoms with E-state index in [1.807, 2.05) is 19.1 Å². The molecule has 2 N–H and O–H groups in total. The van der Waals surface area contributed by atoms with Crippen LogP contribution in [0.5, 0.6) is 0 Å². The van der Waals surface area contributed by atoms with Crippen molar-refractivity contribution in [1.82, 2.24) is 0 Å². The van der Waals surface area contributed by atoms with E-state index in [9.17, 15) is 8.42 Å². The van der Waals surface area contributed by atoms with Crippen molar-refractivity contribution in [1.29, 1.82) is 0 Å². The Kier molecular flexibility index (Phi) is 6.52. The topological polar surface area (TPSA) is 60.2 Å². The minimum absolute atomic E-state index is 0.243. The van der Waals surface area contributed by atoms with Crippen molar-refractivity contribution in [2.24, 2.45) is 11.7 Å². The smallest absolute Gasteiger partial charge is 0.150 e. The maximum absolute atomic E-state index is 11.7. The SMILES string of the molecule is CCCS(=O)(=O)CCC(CN)Cc1ccccc1C. The fourth-order valence-corrected chi connectivity index (χ4v) is 3.73. The Labute approximate surface area is 117 Å². The largest absolute Gasteiger partial charge is 0.330 e. The molecular formula is C15H25NO2S. The van der Waals surface area contributed by atoms with Crippen LogP contribution in [0.4, 0.5) is 0 Å². The van der Waals surface area contributed by atoms with Gasteiger partial charge in [-0.15, -0.1) is 0 Å². The monoisotopic (exact) mass is 283 g/mol. The van der Waals surface area contributed by atoms with Gasteiger partial charge in [0.15, 0.2) is 0 Å². The van der Waals surface area contributed by atoms with E-state index in [0.29, 0.717) is 19.4 Å². The van der Waals surface area contributed by atoms with Gasteiger partial charge in [0, 0.05) is 5.75 Å². The summed E-state index contributed by atoms with van der Waals surface area (Å²) in [5, 5.41) is 0. The fourth-order valence-electron chi connectivity index (χ4n) is 2.21. The van der Waals surface area contributed by atoms with Gasteiger partial charge in [-0.05, 0) is 49.8 Å². The van der Waals surface area contributed by atoms with Gasteiger partial charge in [0.2, 0.25) is 0 Å². The lowest BCUT2D eigenvalue weighted by molar-refractivity contribution is 0.510. The highest BCUT2D eigenvalue weighted by molar-refractivity contribution is 7.91. The van der Waals surface area contributed by atoms with Gasteiger partial charge in [-0.25, -0.2) is 8.42 Å². The number of nitrogens with two attached hydrogens (primary N) is 1. The minimum Gasteiger partial charge on any atom is -0.330 e. The van der Waals surface area contributed by atoms with E-state index in [1.165, 1.54) is 11.1 Å². The molecule has 1 aromatic carbocycles. The maximum atomic E-state index is 11.7. The molecule has 0 spiro atoms. The molecule has 19 heavy (non-hydrogen) atoms. The summed E-state index contributed by atoms with van der Waals surface area (Å²) < 4.78 is 23.5. The van der Waals surface area contributed by atoms with Crippen molar-refractivity contribution < 1.29 is 8.42 Å². The molecule has 0 aliphatic heterocycles. The van der Waals surface area contributed by atoms with Gasteiger partial charge in [0.05, 0.1) is 5.75 Å². The minimum atomic E-state index is -2.89. The normalized spacial score (nSPS) is 13.4. The van der Waals surface area contributed by atoms with Gasteiger partial charge < -0.3 is 5.73 Å². The molecule has 4 heteroatoms. The Morgan fingerprint density at radius 3 is 2.47 bits per heavy atom. The molecule has 3 nitrogen and oxygen atoms in total. The van der Waals surface area contributed by atoms with Crippen LogP contribution in [0.3, 0.4) is 0 Å². The van der Waals surface area contributed by atoms with E-state index in [1.54, 1.807) is 0 Å². The van der Waals surface area contributed by atoms with Gasteiger partial charge in [-0.1, -0.05) is 31.2 Å². The Morgan fingerprint density at radius 2 is 1.89 bits per heavy atom. The summed E-state index contributed by atoms with van der Waals surface area (Å²) in [6.45, 7) is 4.51. The number of hydrogen-bond donors (Lipinski definition) is 1. The molecule has 0 fully saturated rings. The molecule has 0 bridgehead atoms. The zero-order chi connectivity index (χ0) is 14.3. The van der Waals surface area contributed by atoms with E-state index in [0.717, 1.165) is 6.42 Å².